The number of fused-ring (bicyclic) bond motifs is 1. The predicted octanol–water partition coefficient (Wildman–Crippen LogP) is 3.13. The van der Waals surface area contributed by atoms with Crippen LogP contribution in [0.15, 0.2) is 36.7 Å². The van der Waals surface area contributed by atoms with Crippen LogP contribution >= 0.6 is 7.75 Å². The van der Waals surface area contributed by atoms with Crippen molar-refractivity contribution in [2.45, 2.75) is 82.8 Å². The zero-order valence-electron chi connectivity index (χ0n) is 24.6. The molecule has 6 atom stereocenters. The average Bonchev–Trinajstić information content (AvgIpc) is 3.67. The summed E-state index contributed by atoms with van der Waals surface area (Å²) in [6.07, 6.45) is -1.43. The molecule has 5 rings (SSSR count). The normalized spacial score (nSPS) is 25.9. The number of ether oxygens (including phenoxy) is 2. The van der Waals surface area contributed by atoms with E-state index >= 15 is 4.39 Å². The van der Waals surface area contributed by atoms with Crippen molar-refractivity contribution < 1.29 is 37.4 Å². The SMILES string of the molecule is CC(C)OC(=O)[C@H](C)NP(=O)(OCC1O[C@@H](n2cnc3c(N(C)C4CC4)nc(N)nc32)[C@](C)(F)[C@@H]1O)Oc1ccccc1. The Morgan fingerprint density at radius 3 is 2.65 bits per heavy atom. The average molecular weight is 622 g/mol. The molecule has 14 nitrogen and oxygen atoms in total. The number of nitrogens with one attached hydrogen (secondary N) is 1. The van der Waals surface area contributed by atoms with E-state index in [-0.39, 0.29) is 17.3 Å². The van der Waals surface area contributed by atoms with Gasteiger partial charge in [-0.3, -0.25) is 13.9 Å². The maximum Gasteiger partial charge on any atom is 0.459 e. The number of esters is 1. The van der Waals surface area contributed by atoms with Crippen molar-refractivity contribution in [2.75, 3.05) is 24.3 Å². The summed E-state index contributed by atoms with van der Waals surface area (Å²) in [4.78, 5) is 27.4. The molecule has 0 amide bonds. The highest BCUT2D eigenvalue weighted by Gasteiger charge is 2.56. The number of nitrogens with zero attached hydrogens (tertiary/aromatic N) is 5. The molecule has 1 aliphatic carbocycles. The lowest BCUT2D eigenvalue weighted by Gasteiger charge is -2.25. The number of hydrogen-bond donors (Lipinski definition) is 3. The number of imidazole rings is 1. The van der Waals surface area contributed by atoms with Crippen molar-refractivity contribution in [3.8, 4) is 5.75 Å². The summed E-state index contributed by atoms with van der Waals surface area (Å²) in [5.41, 5.74) is 4.29. The largest absolute Gasteiger partial charge is 0.462 e. The molecule has 2 aromatic heterocycles. The molecule has 2 fully saturated rings. The number of aromatic nitrogens is 4. The fraction of sp³-hybridized carbons (Fsp3) is 0.556. The Morgan fingerprint density at radius 1 is 1.30 bits per heavy atom. The van der Waals surface area contributed by atoms with E-state index in [1.165, 1.54) is 24.7 Å². The lowest BCUT2D eigenvalue weighted by Crippen LogP contribution is -2.41. The van der Waals surface area contributed by atoms with Crippen LogP contribution in [0.2, 0.25) is 0 Å². The fourth-order valence-electron chi connectivity index (χ4n) is 4.83. The van der Waals surface area contributed by atoms with Gasteiger partial charge in [-0.25, -0.2) is 13.9 Å². The summed E-state index contributed by atoms with van der Waals surface area (Å²) in [5, 5.41) is 13.5. The number of nitrogens with two attached hydrogens (primary N) is 1. The van der Waals surface area contributed by atoms with Crippen LogP contribution in [0, 0.1) is 0 Å². The van der Waals surface area contributed by atoms with Gasteiger partial charge in [0.05, 0.1) is 19.0 Å². The number of aliphatic hydroxyl groups is 1. The van der Waals surface area contributed by atoms with Crippen molar-refractivity contribution in [1.29, 1.82) is 0 Å². The lowest BCUT2D eigenvalue weighted by molar-refractivity contribution is -0.149. The Bertz CT molecular complexity index is 1500. The standard InChI is InChI=1S/C27H37FN7O7P/c1-15(2)40-24(37)16(3)33-43(38,42-18-9-7-6-8-10-18)39-13-19-21(36)27(4,28)25(41-19)35-14-30-20-22(34(5)17-11-12-17)31-26(29)32-23(20)35/h6-10,14-17,19,21,25,36H,11-13H2,1-5H3,(H,33,38)(H2,29,31,32)/t16-,19?,21+,25+,27+,43?/m0/s1. The van der Waals surface area contributed by atoms with E-state index in [1.807, 2.05) is 11.9 Å². The van der Waals surface area contributed by atoms with Crippen molar-refractivity contribution in [1.82, 2.24) is 24.6 Å². The Kier molecular flexibility index (Phi) is 8.65. The van der Waals surface area contributed by atoms with E-state index in [2.05, 4.69) is 20.0 Å². The van der Waals surface area contributed by atoms with Crippen LogP contribution in [0.1, 0.15) is 46.8 Å². The van der Waals surface area contributed by atoms with Crippen molar-refractivity contribution in [3.05, 3.63) is 36.7 Å². The Labute approximate surface area is 248 Å². The topological polar surface area (TPSA) is 176 Å². The highest BCUT2D eigenvalue weighted by molar-refractivity contribution is 7.52. The van der Waals surface area contributed by atoms with Gasteiger partial charge in [0.25, 0.3) is 0 Å². The molecule has 16 heteroatoms. The van der Waals surface area contributed by atoms with Crippen molar-refractivity contribution >= 4 is 36.6 Å². The first kappa shape index (κ1) is 31.1. The number of aliphatic hydroxyl groups excluding tert-OH is 1. The summed E-state index contributed by atoms with van der Waals surface area (Å²) in [6.45, 7) is 5.43. The summed E-state index contributed by atoms with van der Waals surface area (Å²) in [5.74, 6) is 0.00539. The van der Waals surface area contributed by atoms with E-state index < -0.39 is 56.6 Å². The zero-order valence-corrected chi connectivity index (χ0v) is 25.5. The minimum Gasteiger partial charge on any atom is -0.462 e. The molecule has 0 spiro atoms. The van der Waals surface area contributed by atoms with E-state index in [4.69, 9.17) is 24.3 Å². The minimum atomic E-state index is -4.29. The van der Waals surface area contributed by atoms with Gasteiger partial charge >= 0.3 is 13.7 Å². The molecule has 1 saturated carbocycles. The predicted molar refractivity (Wildman–Crippen MR) is 155 cm³/mol. The third-order valence-corrected chi connectivity index (χ3v) is 8.90. The Hall–Kier alpha value is -3.36. The molecule has 2 unspecified atom stereocenters. The second kappa shape index (κ2) is 12.0. The van der Waals surface area contributed by atoms with Gasteiger partial charge in [0.15, 0.2) is 28.9 Å². The third-order valence-electron chi connectivity index (χ3n) is 7.25. The molecular weight excluding hydrogens is 584 g/mol. The summed E-state index contributed by atoms with van der Waals surface area (Å²) < 4.78 is 53.8. The van der Waals surface area contributed by atoms with E-state index in [0.717, 1.165) is 12.8 Å². The van der Waals surface area contributed by atoms with Gasteiger partial charge in [0, 0.05) is 13.1 Å². The van der Waals surface area contributed by atoms with Gasteiger partial charge in [0.1, 0.15) is 24.0 Å². The molecule has 3 aromatic rings. The summed E-state index contributed by atoms with van der Waals surface area (Å²) in [6, 6.07) is 7.39. The molecule has 1 aromatic carbocycles. The quantitative estimate of drug-likeness (QED) is 0.199. The third kappa shape index (κ3) is 6.60. The number of benzene rings is 1. The molecular formula is C27H37FN7O7P. The zero-order chi connectivity index (χ0) is 31.1. The lowest BCUT2D eigenvalue weighted by atomic mass is 9.98. The number of alkyl halides is 1. The van der Waals surface area contributed by atoms with Gasteiger partial charge in [0.2, 0.25) is 5.95 Å². The second-order valence-corrected chi connectivity index (χ2v) is 12.9. The number of nitrogen functional groups attached to an aromatic ring is 1. The van der Waals surface area contributed by atoms with E-state index in [1.54, 1.807) is 44.2 Å². The maximum atomic E-state index is 16.2. The van der Waals surface area contributed by atoms with Gasteiger partial charge in [-0.15, -0.1) is 0 Å². The van der Waals surface area contributed by atoms with Gasteiger partial charge < -0.3 is 29.7 Å². The smallest absolute Gasteiger partial charge is 0.459 e. The highest BCUT2D eigenvalue weighted by atomic mass is 31.2. The number of anilines is 2. The number of para-hydroxylation sites is 1. The summed E-state index contributed by atoms with van der Waals surface area (Å²) in [7, 11) is -2.41. The van der Waals surface area contributed by atoms with Crippen LogP contribution in [-0.4, -0.2) is 80.3 Å². The highest BCUT2D eigenvalue weighted by Crippen LogP contribution is 2.48. The first-order valence-electron chi connectivity index (χ1n) is 14.0. The van der Waals surface area contributed by atoms with Crippen LogP contribution < -0.4 is 20.2 Å². The molecule has 234 valence electrons. The molecule has 2 aliphatic rings. The fourth-order valence-corrected chi connectivity index (χ4v) is 6.33. The number of carbonyl (C=O) groups excluding carboxylic acids is 1. The van der Waals surface area contributed by atoms with Crippen LogP contribution in [0.4, 0.5) is 16.2 Å². The van der Waals surface area contributed by atoms with E-state index in [0.29, 0.717) is 17.4 Å². The molecule has 3 heterocycles. The Morgan fingerprint density at radius 2 is 2.00 bits per heavy atom. The number of rotatable bonds is 12. The van der Waals surface area contributed by atoms with Crippen molar-refractivity contribution in [2.24, 2.45) is 0 Å². The monoisotopic (exact) mass is 621 g/mol. The van der Waals surface area contributed by atoms with Crippen LogP contribution in [-0.2, 0) is 23.4 Å². The number of carbonyl (C=O) groups is 1. The van der Waals surface area contributed by atoms with Gasteiger partial charge in [-0.05, 0) is 52.7 Å². The second-order valence-electron chi connectivity index (χ2n) is 11.2. The molecule has 43 heavy (non-hydrogen) atoms. The number of hydrogen-bond acceptors (Lipinski definition) is 12. The van der Waals surface area contributed by atoms with Crippen LogP contribution in [0.25, 0.3) is 11.2 Å². The van der Waals surface area contributed by atoms with Crippen LogP contribution in [0.5, 0.6) is 5.75 Å². The first-order valence-corrected chi connectivity index (χ1v) is 15.6. The van der Waals surface area contributed by atoms with Crippen LogP contribution in [0.3, 0.4) is 0 Å². The molecule has 0 radical (unpaired) electrons. The molecule has 1 aliphatic heterocycles. The van der Waals surface area contributed by atoms with Gasteiger partial charge in [-0.1, -0.05) is 18.2 Å². The summed E-state index contributed by atoms with van der Waals surface area (Å²) >= 11 is 0. The van der Waals surface area contributed by atoms with Gasteiger partial charge in [-0.2, -0.15) is 15.1 Å². The molecule has 1 saturated heterocycles. The minimum absolute atomic E-state index is 0.0223. The maximum absolute atomic E-state index is 16.2. The Balaban J connectivity index is 1.37. The first-order chi connectivity index (χ1) is 20.3. The van der Waals surface area contributed by atoms with E-state index in [9.17, 15) is 14.5 Å². The number of halogens is 1. The molecule has 0 bridgehead atoms. The van der Waals surface area contributed by atoms with Crippen molar-refractivity contribution in [3.63, 3.8) is 0 Å². The molecule has 4 N–H and O–H groups in total.